The zero-order valence-corrected chi connectivity index (χ0v) is 10.6. The maximum atomic E-state index is 10.9. The van der Waals surface area contributed by atoms with E-state index in [1.807, 2.05) is 0 Å². The van der Waals surface area contributed by atoms with Gasteiger partial charge in [0.15, 0.2) is 0 Å². The van der Waals surface area contributed by atoms with Crippen molar-refractivity contribution in [3.05, 3.63) is 0 Å². The molecule has 0 aromatic rings. The third-order valence-corrected chi connectivity index (χ3v) is 4.24. The van der Waals surface area contributed by atoms with Crippen LogP contribution in [0.25, 0.3) is 0 Å². The van der Waals surface area contributed by atoms with Crippen molar-refractivity contribution in [3.63, 3.8) is 0 Å². The van der Waals surface area contributed by atoms with Gasteiger partial charge in [-0.1, -0.05) is 19.8 Å². The summed E-state index contributed by atoms with van der Waals surface area (Å²) in [5.41, 5.74) is 0. The highest BCUT2D eigenvalue weighted by Gasteiger charge is 2.20. The van der Waals surface area contributed by atoms with Crippen molar-refractivity contribution in [1.29, 1.82) is 0 Å². The Morgan fingerprint density at radius 1 is 1.27 bits per heavy atom. The summed E-state index contributed by atoms with van der Waals surface area (Å²) in [7, 11) is -2.78. The summed E-state index contributed by atoms with van der Waals surface area (Å²) in [5.74, 6) is 1.05. The Bertz CT molecular complexity index is 274. The molecule has 1 rings (SSSR count). The molecule has 4 heteroatoms. The molecule has 90 valence electrons. The van der Waals surface area contributed by atoms with Crippen molar-refractivity contribution >= 4 is 9.84 Å². The molecule has 0 radical (unpaired) electrons. The van der Waals surface area contributed by atoms with Crippen LogP contribution in [-0.2, 0) is 9.84 Å². The maximum Gasteiger partial charge on any atom is 0.147 e. The largest absolute Gasteiger partial charge is 0.314 e. The van der Waals surface area contributed by atoms with Gasteiger partial charge in [-0.3, -0.25) is 0 Å². The van der Waals surface area contributed by atoms with E-state index in [4.69, 9.17) is 0 Å². The van der Waals surface area contributed by atoms with Gasteiger partial charge in [-0.15, -0.1) is 0 Å². The van der Waals surface area contributed by atoms with Crippen molar-refractivity contribution in [2.24, 2.45) is 5.92 Å². The lowest BCUT2D eigenvalue weighted by Gasteiger charge is -2.29. The summed E-state index contributed by atoms with van der Waals surface area (Å²) >= 11 is 0. The first-order valence-corrected chi connectivity index (χ1v) is 7.96. The van der Waals surface area contributed by atoms with Gasteiger partial charge >= 0.3 is 0 Å². The van der Waals surface area contributed by atoms with E-state index in [9.17, 15) is 8.42 Å². The lowest BCUT2D eigenvalue weighted by Crippen LogP contribution is -2.38. The number of rotatable bonds is 5. The van der Waals surface area contributed by atoms with E-state index in [0.29, 0.717) is 11.8 Å². The molecular weight excluding hydrogens is 210 g/mol. The van der Waals surface area contributed by atoms with Crippen molar-refractivity contribution < 1.29 is 8.42 Å². The van der Waals surface area contributed by atoms with Crippen molar-refractivity contribution in [2.45, 2.75) is 45.1 Å². The van der Waals surface area contributed by atoms with Crippen LogP contribution < -0.4 is 5.32 Å². The van der Waals surface area contributed by atoms with Crippen LogP contribution in [0, 0.1) is 5.92 Å². The summed E-state index contributed by atoms with van der Waals surface area (Å²) in [6, 6.07) is 0.610. The van der Waals surface area contributed by atoms with Gasteiger partial charge in [0.2, 0.25) is 0 Å². The Labute approximate surface area is 93.6 Å². The fraction of sp³-hybridized carbons (Fsp3) is 1.00. The van der Waals surface area contributed by atoms with E-state index in [1.54, 1.807) is 0 Å². The topological polar surface area (TPSA) is 46.2 Å². The van der Waals surface area contributed by atoms with Gasteiger partial charge in [0, 0.05) is 12.3 Å². The lowest BCUT2D eigenvalue weighted by molar-refractivity contribution is 0.281. The van der Waals surface area contributed by atoms with Crippen LogP contribution in [0.2, 0.25) is 0 Å². The second-order valence-electron chi connectivity index (χ2n) is 4.81. The van der Waals surface area contributed by atoms with Crippen LogP contribution in [-0.4, -0.2) is 33.0 Å². The highest BCUT2D eigenvalue weighted by molar-refractivity contribution is 7.90. The normalized spacial score (nSPS) is 27.9. The van der Waals surface area contributed by atoms with Crippen LogP contribution >= 0.6 is 0 Å². The van der Waals surface area contributed by atoms with E-state index < -0.39 is 9.84 Å². The lowest BCUT2D eigenvalue weighted by atomic mass is 9.86. The molecule has 0 spiro atoms. The van der Waals surface area contributed by atoms with Crippen LogP contribution in [0.3, 0.4) is 0 Å². The van der Waals surface area contributed by atoms with Crippen molar-refractivity contribution in [3.8, 4) is 0 Å². The van der Waals surface area contributed by atoms with Crippen LogP contribution in [0.15, 0.2) is 0 Å². The highest BCUT2D eigenvalue weighted by atomic mass is 32.2. The van der Waals surface area contributed by atoms with E-state index in [0.717, 1.165) is 18.9 Å². The predicted molar refractivity (Wildman–Crippen MR) is 63.8 cm³/mol. The first kappa shape index (κ1) is 13.0. The molecule has 1 aliphatic rings. The molecule has 1 saturated carbocycles. The minimum absolute atomic E-state index is 0.307. The van der Waals surface area contributed by atoms with Gasteiger partial charge in [-0.05, 0) is 31.7 Å². The summed E-state index contributed by atoms with van der Waals surface area (Å²) in [6.45, 7) is 3.12. The van der Waals surface area contributed by atoms with Gasteiger partial charge in [0.05, 0.1) is 5.75 Å². The molecular formula is C11H23NO2S. The van der Waals surface area contributed by atoms with Gasteiger partial charge in [0.1, 0.15) is 9.84 Å². The molecule has 15 heavy (non-hydrogen) atoms. The molecule has 0 bridgehead atoms. The van der Waals surface area contributed by atoms with Gasteiger partial charge in [0.25, 0.3) is 0 Å². The second-order valence-corrected chi connectivity index (χ2v) is 7.07. The molecule has 2 atom stereocenters. The molecule has 0 amide bonds. The van der Waals surface area contributed by atoms with Crippen molar-refractivity contribution in [1.82, 2.24) is 5.32 Å². The van der Waals surface area contributed by atoms with Gasteiger partial charge in [-0.2, -0.15) is 0 Å². The van der Waals surface area contributed by atoms with Crippen molar-refractivity contribution in [2.75, 3.05) is 18.6 Å². The minimum Gasteiger partial charge on any atom is -0.314 e. The average Bonchev–Trinajstić information content (AvgIpc) is 2.13. The molecule has 3 nitrogen and oxygen atoms in total. The minimum atomic E-state index is -2.78. The fourth-order valence-corrected chi connectivity index (χ4v) is 2.91. The number of hydrogen-bond acceptors (Lipinski definition) is 3. The van der Waals surface area contributed by atoms with E-state index >= 15 is 0 Å². The smallest absolute Gasteiger partial charge is 0.147 e. The molecule has 0 heterocycles. The second kappa shape index (κ2) is 5.85. The Morgan fingerprint density at radius 3 is 2.53 bits per heavy atom. The van der Waals surface area contributed by atoms with E-state index in [2.05, 4.69) is 12.2 Å². The third kappa shape index (κ3) is 5.52. The molecule has 0 saturated heterocycles. The predicted octanol–water partition coefficient (Wildman–Crippen LogP) is 1.59. The Hall–Kier alpha value is -0.0900. The molecule has 0 aliphatic heterocycles. The zero-order valence-electron chi connectivity index (χ0n) is 9.83. The maximum absolute atomic E-state index is 10.9. The summed E-state index contributed by atoms with van der Waals surface area (Å²) in [6.07, 6.45) is 7.26. The SMILES string of the molecule is CC1CCCCC1NCCCS(C)(=O)=O. The highest BCUT2D eigenvalue weighted by Crippen LogP contribution is 2.23. The average molecular weight is 233 g/mol. The zero-order chi connectivity index (χ0) is 11.3. The first-order valence-electron chi connectivity index (χ1n) is 5.90. The third-order valence-electron chi connectivity index (χ3n) is 3.21. The van der Waals surface area contributed by atoms with Crippen LogP contribution in [0.5, 0.6) is 0 Å². The molecule has 0 aromatic heterocycles. The van der Waals surface area contributed by atoms with E-state index in [1.165, 1.54) is 31.9 Å². The molecule has 0 aromatic carbocycles. The Balaban J connectivity index is 2.14. The van der Waals surface area contributed by atoms with Gasteiger partial charge in [-0.25, -0.2) is 8.42 Å². The standard InChI is InChI=1S/C11H23NO2S/c1-10-6-3-4-7-11(10)12-8-5-9-15(2,13)14/h10-12H,3-9H2,1-2H3. The summed E-state index contributed by atoms with van der Waals surface area (Å²) in [5, 5.41) is 3.48. The fourth-order valence-electron chi connectivity index (χ4n) is 2.24. The number of sulfone groups is 1. The molecule has 1 aliphatic carbocycles. The van der Waals surface area contributed by atoms with Crippen LogP contribution in [0.4, 0.5) is 0 Å². The Kier molecular flexibility index (Phi) is 5.06. The van der Waals surface area contributed by atoms with Crippen LogP contribution in [0.1, 0.15) is 39.0 Å². The number of hydrogen-bond donors (Lipinski definition) is 1. The molecule has 1 fully saturated rings. The quantitative estimate of drug-likeness (QED) is 0.734. The van der Waals surface area contributed by atoms with E-state index in [-0.39, 0.29) is 0 Å². The number of nitrogens with one attached hydrogen (secondary N) is 1. The molecule has 1 N–H and O–H groups in total. The monoisotopic (exact) mass is 233 g/mol. The Morgan fingerprint density at radius 2 is 1.93 bits per heavy atom. The summed E-state index contributed by atoms with van der Waals surface area (Å²) < 4.78 is 21.8. The summed E-state index contributed by atoms with van der Waals surface area (Å²) in [4.78, 5) is 0. The molecule has 2 unspecified atom stereocenters. The van der Waals surface area contributed by atoms with Gasteiger partial charge < -0.3 is 5.32 Å². The first-order chi connectivity index (χ1) is 6.99.